The van der Waals surface area contributed by atoms with Gasteiger partial charge in [-0.1, -0.05) is 29.8 Å². The second kappa shape index (κ2) is 10.1. The molecule has 3 heterocycles. The van der Waals surface area contributed by atoms with Gasteiger partial charge in [0.2, 0.25) is 0 Å². The summed E-state index contributed by atoms with van der Waals surface area (Å²) < 4.78 is 5.39. The first kappa shape index (κ1) is 22.3. The van der Waals surface area contributed by atoms with Crippen LogP contribution in [0.2, 0.25) is 5.02 Å². The summed E-state index contributed by atoms with van der Waals surface area (Å²) in [4.78, 5) is 36.7. The van der Waals surface area contributed by atoms with E-state index in [9.17, 15) is 9.59 Å². The summed E-state index contributed by atoms with van der Waals surface area (Å²) in [5.41, 5.74) is 1.64. The zero-order valence-electron chi connectivity index (χ0n) is 18.2. The highest BCUT2D eigenvalue weighted by Gasteiger charge is 2.41. The van der Waals surface area contributed by atoms with E-state index in [-0.39, 0.29) is 11.8 Å². The average molecular weight is 455 g/mol. The third kappa shape index (κ3) is 4.64. The summed E-state index contributed by atoms with van der Waals surface area (Å²) in [7, 11) is 0. The van der Waals surface area contributed by atoms with Crippen molar-refractivity contribution in [2.24, 2.45) is 0 Å². The summed E-state index contributed by atoms with van der Waals surface area (Å²) in [6.45, 7) is 6.11. The predicted octanol–water partition coefficient (Wildman–Crippen LogP) is 3.06. The van der Waals surface area contributed by atoms with Crippen LogP contribution < -0.4 is 4.90 Å². The van der Waals surface area contributed by atoms with E-state index in [1.54, 1.807) is 30.5 Å². The zero-order chi connectivity index (χ0) is 22.5. The lowest BCUT2D eigenvalue weighted by atomic mass is 10.0. The van der Waals surface area contributed by atoms with Gasteiger partial charge in [-0.15, -0.1) is 0 Å². The second-order valence-electron chi connectivity index (χ2n) is 7.70. The Bertz CT molecular complexity index is 986. The van der Waals surface area contributed by atoms with E-state index in [2.05, 4.69) is 9.88 Å². The van der Waals surface area contributed by atoms with Crippen LogP contribution in [0.25, 0.3) is 5.57 Å². The van der Waals surface area contributed by atoms with Crippen molar-refractivity contribution in [1.29, 1.82) is 0 Å². The Labute approximate surface area is 193 Å². The van der Waals surface area contributed by atoms with Crippen molar-refractivity contribution in [3.05, 3.63) is 64.9 Å². The van der Waals surface area contributed by atoms with Gasteiger partial charge >= 0.3 is 0 Å². The number of piperazine rings is 1. The summed E-state index contributed by atoms with van der Waals surface area (Å²) in [6, 6.07) is 12.9. The first-order chi connectivity index (χ1) is 15.6. The monoisotopic (exact) mass is 454 g/mol. The summed E-state index contributed by atoms with van der Waals surface area (Å²) in [5, 5.41) is 0.588. The SMILES string of the molecule is CCOCCCN1C(=O)C(c2ccc(Cl)cc2)=C(N2CCN(c3ccccn3)CC2)C1=O. The van der Waals surface area contributed by atoms with Gasteiger partial charge in [-0.3, -0.25) is 14.5 Å². The maximum Gasteiger partial charge on any atom is 0.277 e. The molecule has 0 radical (unpaired) electrons. The van der Waals surface area contributed by atoms with Crippen molar-refractivity contribution in [1.82, 2.24) is 14.8 Å². The molecule has 2 aliphatic rings. The Balaban J connectivity index is 1.57. The highest BCUT2D eigenvalue weighted by atomic mass is 35.5. The van der Waals surface area contributed by atoms with Crippen LogP contribution in [0, 0.1) is 0 Å². The van der Waals surface area contributed by atoms with Gasteiger partial charge in [0, 0.05) is 57.2 Å². The van der Waals surface area contributed by atoms with Gasteiger partial charge in [0.25, 0.3) is 11.8 Å². The minimum absolute atomic E-state index is 0.234. The standard InChI is InChI=1S/C24H27ClN4O3/c1-2-32-17-5-12-29-23(30)21(18-7-9-19(25)10-8-18)22(24(29)31)28-15-13-27(14-16-28)20-6-3-4-11-26-20/h3-4,6-11H,2,5,12-17H2,1H3. The van der Waals surface area contributed by atoms with Crippen molar-refractivity contribution in [3.63, 3.8) is 0 Å². The number of benzene rings is 1. The maximum atomic E-state index is 13.4. The number of aromatic nitrogens is 1. The maximum absolute atomic E-state index is 13.4. The number of rotatable bonds is 8. The molecule has 0 aliphatic carbocycles. The highest BCUT2D eigenvalue weighted by molar-refractivity contribution is 6.36. The Morgan fingerprint density at radius 3 is 2.34 bits per heavy atom. The third-order valence-corrected chi connectivity index (χ3v) is 5.97. The Morgan fingerprint density at radius 2 is 1.69 bits per heavy atom. The molecule has 1 aromatic carbocycles. The molecule has 0 saturated carbocycles. The normalized spacial score (nSPS) is 17.0. The topological polar surface area (TPSA) is 66.0 Å². The number of ether oxygens (including phenoxy) is 1. The van der Waals surface area contributed by atoms with Crippen LogP contribution in [0.4, 0.5) is 5.82 Å². The van der Waals surface area contributed by atoms with Gasteiger partial charge in [0.1, 0.15) is 11.5 Å². The quantitative estimate of drug-likeness (QED) is 0.451. The minimum atomic E-state index is -0.254. The molecule has 168 valence electrons. The van der Waals surface area contributed by atoms with E-state index in [1.165, 1.54) is 4.90 Å². The molecule has 1 saturated heterocycles. The van der Waals surface area contributed by atoms with Crippen molar-refractivity contribution in [3.8, 4) is 0 Å². The summed E-state index contributed by atoms with van der Waals surface area (Å²) >= 11 is 6.06. The lowest BCUT2D eigenvalue weighted by molar-refractivity contribution is -0.137. The van der Waals surface area contributed by atoms with Crippen LogP contribution in [0.3, 0.4) is 0 Å². The number of halogens is 1. The molecule has 8 heteroatoms. The Morgan fingerprint density at radius 1 is 0.969 bits per heavy atom. The first-order valence-corrected chi connectivity index (χ1v) is 11.3. The van der Waals surface area contributed by atoms with Gasteiger partial charge < -0.3 is 14.5 Å². The molecule has 0 spiro atoms. The molecule has 0 bridgehead atoms. The molecule has 0 unspecified atom stereocenters. The molecule has 32 heavy (non-hydrogen) atoms. The van der Waals surface area contributed by atoms with Crippen LogP contribution in [-0.2, 0) is 14.3 Å². The highest BCUT2D eigenvalue weighted by Crippen LogP contribution is 2.33. The lowest BCUT2D eigenvalue weighted by Gasteiger charge is -2.37. The summed E-state index contributed by atoms with van der Waals surface area (Å²) in [6.07, 6.45) is 2.39. The van der Waals surface area contributed by atoms with Crippen LogP contribution in [0.1, 0.15) is 18.9 Å². The van der Waals surface area contributed by atoms with Crippen molar-refractivity contribution in [2.75, 3.05) is 50.8 Å². The van der Waals surface area contributed by atoms with Gasteiger partial charge in [0.05, 0.1) is 5.57 Å². The van der Waals surface area contributed by atoms with E-state index < -0.39 is 0 Å². The van der Waals surface area contributed by atoms with E-state index in [4.69, 9.17) is 16.3 Å². The minimum Gasteiger partial charge on any atom is -0.382 e. The van der Waals surface area contributed by atoms with Crippen LogP contribution in [0.15, 0.2) is 54.4 Å². The second-order valence-corrected chi connectivity index (χ2v) is 8.14. The van der Waals surface area contributed by atoms with E-state index in [1.807, 2.05) is 30.0 Å². The Hall–Kier alpha value is -2.90. The predicted molar refractivity (Wildman–Crippen MR) is 124 cm³/mol. The molecule has 0 N–H and O–H groups in total. The molecular weight excluding hydrogens is 428 g/mol. The summed E-state index contributed by atoms with van der Waals surface area (Å²) in [5.74, 6) is 0.434. The molecule has 2 aliphatic heterocycles. The number of imide groups is 1. The molecule has 4 rings (SSSR count). The first-order valence-electron chi connectivity index (χ1n) is 10.9. The zero-order valence-corrected chi connectivity index (χ0v) is 18.9. The van der Waals surface area contributed by atoms with Crippen molar-refractivity contribution in [2.45, 2.75) is 13.3 Å². The number of hydrogen-bond acceptors (Lipinski definition) is 6. The number of carbonyl (C=O) groups is 2. The number of anilines is 1. The fraction of sp³-hybridized carbons (Fsp3) is 0.375. The fourth-order valence-corrected chi connectivity index (χ4v) is 4.23. The molecular formula is C24H27ClN4O3. The van der Waals surface area contributed by atoms with E-state index >= 15 is 0 Å². The van der Waals surface area contributed by atoms with Gasteiger partial charge in [-0.2, -0.15) is 0 Å². The number of amides is 2. The molecule has 7 nitrogen and oxygen atoms in total. The molecule has 2 aromatic rings. The molecule has 2 amide bonds. The smallest absolute Gasteiger partial charge is 0.277 e. The number of pyridine rings is 1. The van der Waals surface area contributed by atoms with E-state index in [0.717, 1.165) is 18.9 Å². The van der Waals surface area contributed by atoms with Crippen molar-refractivity contribution < 1.29 is 14.3 Å². The number of carbonyl (C=O) groups excluding carboxylic acids is 2. The van der Waals surface area contributed by atoms with Gasteiger partial charge in [-0.25, -0.2) is 4.98 Å². The molecule has 1 aromatic heterocycles. The Kier molecular flexibility index (Phi) is 7.07. The van der Waals surface area contributed by atoms with Crippen LogP contribution in [0.5, 0.6) is 0 Å². The fourth-order valence-electron chi connectivity index (χ4n) is 4.11. The molecule has 1 fully saturated rings. The van der Waals surface area contributed by atoms with Crippen LogP contribution >= 0.6 is 11.6 Å². The van der Waals surface area contributed by atoms with Crippen LogP contribution in [-0.4, -0.2) is 72.5 Å². The van der Waals surface area contributed by atoms with Gasteiger partial charge in [-0.05, 0) is 43.2 Å². The average Bonchev–Trinajstić information content (AvgIpc) is 3.07. The van der Waals surface area contributed by atoms with E-state index in [0.29, 0.717) is 61.1 Å². The molecule has 0 atom stereocenters. The lowest BCUT2D eigenvalue weighted by Crippen LogP contribution is -2.48. The number of nitrogens with zero attached hydrogens (tertiary/aromatic N) is 4. The van der Waals surface area contributed by atoms with Crippen molar-refractivity contribution >= 4 is 34.8 Å². The number of hydrogen-bond donors (Lipinski definition) is 0. The third-order valence-electron chi connectivity index (χ3n) is 5.72. The van der Waals surface area contributed by atoms with Gasteiger partial charge in [0.15, 0.2) is 0 Å². The largest absolute Gasteiger partial charge is 0.382 e.